The first kappa shape index (κ1) is 11.0. The first-order chi connectivity index (χ1) is 7.78. The molecule has 2 fully saturated rings. The summed E-state index contributed by atoms with van der Waals surface area (Å²) in [5, 5.41) is 2.86. The van der Waals surface area contributed by atoms with Crippen molar-refractivity contribution in [2.24, 2.45) is 11.7 Å². The van der Waals surface area contributed by atoms with Crippen LogP contribution in [0.25, 0.3) is 0 Å². The van der Waals surface area contributed by atoms with E-state index in [1.807, 2.05) is 5.38 Å². The predicted octanol–water partition coefficient (Wildman–Crippen LogP) is 2.89. The average molecular weight is 257 g/mol. The number of likely N-dealkylation sites (tertiary alicyclic amines) is 1. The standard InChI is InChI=1S/C12H17ClN2S/c13-9-4-12(16-7-9)11(5-14)15-6-8-1-2-10(15)3-8/h4,7-8,10-11H,1-3,5-6,14H2. The van der Waals surface area contributed by atoms with Gasteiger partial charge in [0, 0.05) is 29.4 Å². The van der Waals surface area contributed by atoms with E-state index >= 15 is 0 Å². The van der Waals surface area contributed by atoms with Crippen molar-refractivity contribution in [3.63, 3.8) is 0 Å². The molecule has 2 heterocycles. The Morgan fingerprint density at radius 1 is 1.56 bits per heavy atom. The minimum atomic E-state index is 0.396. The highest BCUT2D eigenvalue weighted by Gasteiger charge is 2.41. The van der Waals surface area contributed by atoms with Crippen LogP contribution in [-0.4, -0.2) is 24.0 Å². The van der Waals surface area contributed by atoms with E-state index in [1.54, 1.807) is 11.3 Å². The van der Waals surface area contributed by atoms with Gasteiger partial charge >= 0.3 is 0 Å². The van der Waals surface area contributed by atoms with Crippen LogP contribution >= 0.6 is 22.9 Å². The van der Waals surface area contributed by atoms with E-state index in [-0.39, 0.29) is 0 Å². The highest BCUT2D eigenvalue weighted by atomic mass is 35.5. The van der Waals surface area contributed by atoms with E-state index in [2.05, 4.69) is 11.0 Å². The lowest BCUT2D eigenvalue weighted by Crippen LogP contribution is -2.38. The smallest absolute Gasteiger partial charge is 0.0567 e. The van der Waals surface area contributed by atoms with E-state index in [0.717, 1.165) is 17.0 Å². The van der Waals surface area contributed by atoms with Gasteiger partial charge in [-0.25, -0.2) is 0 Å². The first-order valence-electron chi connectivity index (χ1n) is 5.97. The van der Waals surface area contributed by atoms with Crippen LogP contribution < -0.4 is 5.73 Å². The third-order valence-corrected chi connectivity index (χ3v) is 5.37. The van der Waals surface area contributed by atoms with E-state index in [1.165, 1.54) is 30.7 Å². The molecule has 1 aromatic heterocycles. The Morgan fingerprint density at radius 2 is 2.44 bits per heavy atom. The quantitative estimate of drug-likeness (QED) is 0.901. The van der Waals surface area contributed by atoms with Crippen molar-refractivity contribution >= 4 is 22.9 Å². The molecule has 1 saturated carbocycles. The van der Waals surface area contributed by atoms with Gasteiger partial charge in [0.05, 0.1) is 11.1 Å². The minimum Gasteiger partial charge on any atom is -0.329 e. The Balaban J connectivity index is 1.81. The molecule has 2 nitrogen and oxygen atoms in total. The predicted molar refractivity (Wildman–Crippen MR) is 69.0 cm³/mol. The van der Waals surface area contributed by atoms with Crippen LogP contribution in [0.5, 0.6) is 0 Å². The molecule has 1 saturated heterocycles. The van der Waals surface area contributed by atoms with Gasteiger partial charge in [-0.15, -0.1) is 11.3 Å². The fourth-order valence-corrected chi connectivity index (χ4v) is 4.48. The number of piperidine rings is 1. The fraction of sp³-hybridized carbons (Fsp3) is 0.667. The molecule has 1 aliphatic carbocycles. The lowest BCUT2D eigenvalue weighted by Gasteiger charge is -2.33. The van der Waals surface area contributed by atoms with Crippen LogP contribution in [0.3, 0.4) is 0 Å². The summed E-state index contributed by atoms with van der Waals surface area (Å²) in [6, 6.07) is 3.25. The van der Waals surface area contributed by atoms with Crippen LogP contribution in [-0.2, 0) is 0 Å². The van der Waals surface area contributed by atoms with Crippen molar-refractivity contribution in [1.82, 2.24) is 4.90 Å². The molecule has 0 spiro atoms. The zero-order chi connectivity index (χ0) is 11.1. The van der Waals surface area contributed by atoms with E-state index in [0.29, 0.717) is 12.6 Å². The largest absolute Gasteiger partial charge is 0.329 e. The van der Waals surface area contributed by atoms with Gasteiger partial charge in [-0.1, -0.05) is 11.6 Å². The molecule has 4 heteroatoms. The number of nitrogens with zero attached hydrogens (tertiary/aromatic N) is 1. The number of hydrogen-bond acceptors (Lipinski definition) is 3. The van der Waals surface area contributed by atoms with Crippen LogP contribution in [0, 0.1) is 5.92 Å². The third-order valence-electron chi connectivity index (χ3n) is 3.99. The molecular weight excluding hydrogens is 240 g/mol. The summed E-state index contributed by atoms with van der Waals surface area (Å²) in [7, 11) is 0. The number of rotatable bonds is 3. The Morgan fingerprint density at radius 3 is 2.94 bits per heavy atom. The minimum absolute atomic E-state index is 0.396. The molecule has 3 rings (SSSR count). The highest BCUT2D eigenvalue weighted by Crippen LogP contribution is 2.42. The van der Waals surface area contributed by atoms with Gasteiger partial charge in [0.15, 0.2) is 0 Å². The molecule has 16 heavy (non-hydrogen) atoms. The van der Waals surface area contributed by atoms with Gasteiger partial charge < -0.3 is 5.73 Å². The number of fused-ring (bicyclic) bond motifs is 2. The van der Waals surface area contributed by atoms with Crippen molar-refractivity contribution < 1.29 is 0 Å². The van der Waals surface area contributed by atoms with Gasteiger partial charge in [0.1, 0.15) is 0 Å². The van der Waals surface area contributed by atoms with Crippen molar-refractivity contribution in [3.05, 3.63) is 21.3 Å². The molecule has 0 aromatic carbocycles. The highest BCUT2D eigenvalue weighted by molar-refractivity contribution is 7.10. The van der Waals surface area contributed by atoms with Crippen molar-refractivity contribution in [3.8, 4) is 0 Å². The summed E-state index contributed by atoms with van der Waals surface area (Å²) in [5.74, 6) is 0.925. The summed E-state index contributed by atoms with van der Waals surface area (Å²) in [4.78, 5) is 3.94. The second-order valence-electron chi connectivity index (χ2n) is 4.95. The van der Waals surface area contributed by atoms with Gasteiger partial charge in [-0.2, -0.15) is 0 Å². The Hall–Kier alpha value is -0.0900. The zero-order valence-electron chi connectivity index (χ0n) is 9.23. The molecule has 0 amide bonds. The molecule has 88 valence electrons. The number of hydrogen-bond donors (Lipinski definition) is 1. The second kappa shape index (κ2) is 4.30. The van der Waals surface area contributed by atoms with Gasteiger partial charge in [-0.3, -0.25) is 4.90 Å². The zero-order valence-corrected chi connectivity index (χ0v) is 10.8. The average Bonchev–Trinajstić information content (AvgIpc) is 2.96. The summed E-state index contributed by atoms with van der Waals surface area (Å²) >= 11 is 7.74. The molecule has 1 aromatic rings. The van der Waals surface area contributed by atoms with E-state index in [4.69, 9.17) is 17.3 Å². The maximum absolute atomic E-state index is 6.00. The number of halogens is 1. The summed E-state index contributed by atoms with van der Waals surface area (Å²) in [6.07, 6.45) is 4.17. The SMILES string of the molecule is NCC(c1cc(Cl)cs1)N1CC2CCC1C2. The number of nitrogens with two attached hydrogens (primary N) is 1. The maximum atomic E-state index is 6.00. The summed E-state index contributed by atoms with van der Waals surface area (Å²) in [6.45, 7) is 1.95. The third kappa shape index (κ3) is 1.80. The molecular formula is C12H17ClN2S. The normalized spacial score (nSPS) is 31.1. The molecule has 2 N–H and O–H groups in total. The summed E-state index contributed by atoms with van der Waals surface area (Å²) in [5.41, 5.74) is 5.95. The second-order valence-corrected chi connectivity index (χ2v) is 6.33. The number of thiophene rings is 1. The lowest BCUT2D eigenvalue weighted by atomic mass is 10.1. The Kier molecular flexibility index (Phi) is 2.96. The first-order valence-corrected chi connectivity index (χ1v) is 7.23. The fourth-order valence-electron chi connectivity index (χ4n) is 3.26. The van der Waals surface area contributed by atoms with Gasteiger partial charge in [0.2, 0.25) is 0 Å². The molecule has 1 aliphatic heterocycles. The maximum Gasteiger partial charge on any atom is 0.0567 e. The molecule has 2 bridgehead atoms. The Bertz CT molecular complexity index is 379. The van der Waals surface area contributed by atoms with Crippen LogP contribution in [0.4, 0.5) is 0 Å². The van der Waals surface area contributed by atoms with Gasteiger partial charge in [0.25, 0.3) is 0 Å². The molecule has 0 radical (unpaired) electrons. The van der Waals surface area contributed by atoms with Gasteiger partial charge in [-0.05, 0) is 31.2 Å². The van der Waals surface area contributed by atoms with Crippen molar-refractivity contribution in [2.75, 3.05) is 13.1 Å². The van der Waals surface area contributed by atoms with Crippen LogP contribution in [0.2, 0.25) is 5.02 Å². The molecule has 3 unspecified atom stereocenters. The van der Waals surface area contributed by atoms with Crippen LogP contribution in [0.1, 0.15) is 30.2 Å². The van der Waals surface area contributed by atoms with E-state index < -0.39 is 0 Å². The topological polar surface area (TPSA) is 29.3 Å². The monoisotopic (exact) mass is 256 g/mol. The van der Waals surface area contributed by atoms with Crippen LogP contribution in [0.15, 0.2) is 11.4 Å². The summed E-state index contributed by atoms with van der Waals surface area (Å²) < 4.78 is 0. The molecule has 3 atom stereocenters. The van der Waals surface area contributed by atoms with Crippen molar-refractivity contribution in [1.29, 1.82) is 0 Å². The Labute approximate surface area is 105 Å². The lowest BCUT2D eigenvalue weighted by molar-refractivity contribution is 0.155. The van der Waals surface area contributed by atoms with E-state index in [9.17, 15) is 0 Å². The van der Waals surface area contributed by atoms with Crippen molar-refractivity contribution in [2.45, 2.75) is 31.3 Å². The molecule has 2 aliphatic rings.